The van der Waals surface area contributed by atoms with Gasteiger partial charge in [-0.3, -0.25) is 4.79 Å². The van der Waals surface area contributed by atoms with Crippen molar-refractivity contribution in [3.8, 4) is 5.88 Å². The highest BCUT2D eigenvalue weighted by Gasteiger charge is 2.14. The SMILES string of the molecule is CN(C(=O)c1ccc(OCCOC(C)(C)C)nc1)c1ccccc1. The molecule has 0 fully saturated rings. The third-order valence-corrected chi connectivity index (χ3v) is 3.30. The van der Waals surface area contributed by atoms with Crippen LogP contribution < -0.4 is 9.64 Å². The highest BCUT2D eigenvalue weighted by atomic mass is 16.5. The van der Waals surface area contributed by atoms with Gasteiger partial charge in [-0.2, -0.15) is 0 Å². The standard InChI is InChI=1S/C19H24N2O3/c1-19(2,3)24-13-12-23-17-11-10-15(14-20-17)18(22)21(4)16-8-6-5-7-9-16/h5-11,14H,12-13H2,1-4H3. The van der Waals surface area contributed by atoms with E-state index in [1.807, 2.05) is 51.1 Å². The number of amides is 1. The molecule has 0 N–H and O–H groups in total. The molecule has 0 spiro atoms. The van der Waals surface area contributed by atoms with Gasteiger partial charge in [0.2, 0.25) is 5.88 Å². The fourth-order valence-electron chi connectivity index (χ4n) is 2.05. The van der Waals surface area contributed by atoms with Crippen molar-refractivity contribution in [2.45, 2.75) is 26.4 Å². The van der Waals surface area contributed by atoms with Crippen LogP contribution in [0.3, 0.4) is 0 Å². The molecule has 5 heteroatoms. The molecule has 0 unspecified atom stereocenters. The maximum absolute atomic E-state index is 12.5. The lowest BCUT2D eigenvalue weighted by Crippen LogP contribution is -2.26. The number of aromatic nitrogens is 1. The number of anilines is 1. The molecule has 1 heterocycles. The summed E-state index contributed by atoms with van der Waals surface area (Å²) in [6, 6.07) is 12.9. The van der Waals surface area contributed by atoms with Gasteiger partial charge in [-0.25, -0.2) is 4.98 Å². The molecule has 1 aromatic heterocycles. The van der Waals surface area contributed by atoms with Gasteiger partial charge in [0.25, 0.3) is 5.91 Å². The first-order valence-electron chi connectivity index (χ1n) is 7.93. The molecule has 0 atom stereocenters. The lowest BCUT2D eigenvalue weighted by atomic mass is 10.2. The fourth-order valence-corrected chi connectivity index (χ4v) is 2.05. The van der Waals surface area contributed by atoms with Crippen LogP contribution in [0.4, 0.5) is 5.69 Å². The highest BCUT2D eigenvalue weighted by Crippen LogP contribution is 2.16. The van der Waals surface area contributed by atoms with Crippen LogP contribution in [0.2, 0.25) is 0 Å². The first kappa shape index (κ1) is 17.9. The average Bonchev–Trinajstić information content (AvgIpc) is 2.58. The zero-order chi connectivity index (χ0) is 17.6. The molecule has 1 aromatic carbocycles. The van der Waals surface area contributed by atoms with Gasteiger partial charge in [-0.1, -0.05) is 18.2 Å². The Morgan fingerprint density at radius 2 is 1.79 bits per heavy atom. The molecule has 5 nitrogen and oxygen atoms in total. The number of hydrogen-bond acceptors (Lipinski definition) is 4. The topological polar surface area (TPSA) is 51.7 Å². The van der Waals surface area contributed by atoms with Gasteiger partial charge in [0.15, 0.2) is 0 Å². The molecule has 0 saturated heterocycles. The second-order valence-electron chi connectivity index (χ2n) is 6.39. The summed E-state index contributed by atoms with van der Waals surface area (Å²) < 4.78 is 11.1. The zero-order valence-electron chi connectivity index (χ0n) is 14.7. The van der Waals surface area contributed by atoms with Crippen LogP contribution in [-0.2, 0) is 4.74 Å². The minimum Gasteiger partial charge on any atom is -0.475 e. The number of benzene rings is 1. The van der Waals surface area contributed by atoms with Crippen molar-refractivity contribution in [2.24, 2.45) is 0 Å². The predicted octanol–water partition coefficient (Wildman–Crippen LogP) is 3.55. The second-order valence-corrected chi connectivity index (χ2v) is 6.39. The Morgan fingerprint density at radius 1 is 1.08 bits per heavy atom. The van der Waals surface area contributed by atoms with Crippen LogP contribution in [0.15, 0.2) is 48.7 Å². The Bertz CT molecular complexity index is 649. The van der Waals surface area contributed by atoms with Crippen molar-refractivity contribution in [1.82, 2.24) is 4.98 Å². The lowest BCUT2D eigenvalue weighted by Gasteiger charge is -2.19. The number of para-hydroxylation sites is 1. The Morgan fingerprint density at radius 3 is 2.38 bits per heavy atom. The number of ether oxygens (including phenoxy) is 2. The minimum absolute atomic E-state index is 0.115. The second kappa shape index (κ2) is 7.93. The Balaban J connectivity index is 1.90. The summed E-state index contributed by atoms with van der Waals surface area (Å²) >= 11 is 0. The average molecular weight is 328 g/mol. The predicted molar refractivity (Wildman–Crippen MR) is 94.6 cm³/mol. The quantitative estimate of drug-likeness (QED) is 0.761. The van der Waals surface area contributed by atoms with E-state index in [1.54, 1.807) is 24.1 Å². The van der Waals surface area contributed by atoms with E-state index in [1.165, 1.54) is 6.20 Å². The maximum Gasteiger partial charge on any atom is 0.259 e. The Hall–Kier alpha value is -2.40. The highest BCUT2D eigenvalue weighted by molar-refractivity contribution is 6.05. The van der Waals surface area contributed by atoms with Gasteiger partial charge in [-0.05, 0) is 39.0 Å². The summed E-state index contributed by atoms with van der Waals surface area (Å²) in [4.78, 5) is 18.2. The smallest absolute Gasteiger partial charge is 0.259 e. The van der Waals surface area contributed by atoms with E-state index in [4.69, 9.17) is 9.47 Å². The van der Waals surface area contributed by atoms with Crippen LogP contribution in [0.5, 0.6) is 5.88 Å². The Kier molecular flexibility index (Phi) is 5.93. The zero-order valence-corrected chi connectivity index (χ0v) is 14.7. The molecular formula is C19H24N2O3. The molecule has 0 saturated carbocycles. The normalized spacial score (nSPS) is 11.2. The van der Waals surface area contributed by atoms with Crippen molar-refractivity contribution in [2.75, 3.05) is 25.2 Å². The molecule has 2 aromatic rings. The number of nitrogens with zero attached hydrogens (tertiary/aromatic N) is 2. The monoisotopic (exact) mass is 328 g/mol. The van der Waals surface area contributed by atoms with Crippen LogP contribution in [0, 0.1) is 0 Å². The van der Waals surface area contributed by atoms with E-state index < -0.39 is 0 Å². The van der Waals surface area contributed by atoms with Crippen molar-refractivity contribution in [3.05, 3.63) is 54.2 Å². The first-order chi connectivity index (χ1) is 11.4. The third kappa shape index (κ3) is 5.35. The van der Waals surface area contributed by atoms with E-state index in [2.05, 4.69) is 4.98 Å². The molecule has 0 aliphatic heterocycles. The summed E-state index contributed by atoms with van der Waals surface area (Å²) in [6.45, 7) is 6.89. The minimum atomic E-state index is -0.185. The molecule has 1 amide bonds. The molecule has 128 valence electrons. The number of pyridine rings is 1. The van der Waals surface area contributed by atoms with Gasteiger partial charge in [-0.15, -0.1) is 0 Å². The van der Waals surface area contributed by atoms with Crippen molar-refractivity contribution in [1.29, 1.82) is 0 Å². The van der Waals surface area contributed by atoms with E-state index in [0.29, 0.717) is 24.7 Å². The third-order valence-electron chi connectivity index (χ3n) is 3.30. The summed E-state index contributed by atoms with van der Waals surface area (Å²) in [5.41, 5.74) is 1.16. The Labute approximate surface area is 143 Å². The van der Waals surface area contributed by atoms with Crippen LogP contribution >= 0.6 is 0 Å². The number of carbonyl (C=O) groups excluding carboxylic acids is 1. The van der Waals surface area contributed by atoms with Crippen molar-refractivity contribution in [3.63, 3.8) is 0 Å². The van der Waals surface area contributed by atoms with E-state index >= 15 is 0 Å². The van der Waals surface area contributed by atoms with Crippen LogP contribution in [0.1, 0.15) is 31.1 Å². The van der Waals surface area contributed by atoms with Crippen molar-refractivity contribution < 1.29 is 14.3 Å². The van der Waals surface area contributed by atoms with Gasteiger partial charge in [0.05, 0.1) is 17.8 Å². The maximum atomic E-state index is 12.5. The number of hydrogen-bond donors (Lipinski definition) is 0. The molecule has 24 heavy (non-hydrogen) atoms. The van der Waals surface area contributed by atoms with E-state index in [-0.39, 0.29) is 11.5 Å². The van der Waals surface area contributed by atoms with Gasteiger partial charge < -0.3 is 14.4 Å². The molecular weight excluding hydrogens is 304 g/mol. The fraction of sp³-hybridized carbons (Fsp3) is 0.368. The van der Waals surface area contributed by atoms with Gasteiger partial charge in [0.1, 0.15) is 6.61 Å². The molecule has 0 radical (unpaired) electrons. The molecule has 0 aliphatic rings. The summed E-state index contributed by atoms with van der Waals surface area (Å²) in [5.74, 6) is 0.364. The van der Waals surface area contributed by atoms with Crippen molar-refractivity contribution >= 4 is 11.6 Å². The summed E-state index contributed by atoms with van der Waals surface area (Å²) in [5, 5.41) is 0. The first-order valence-corrected chi connectivity index (χ1v) is 7.93. The lowest BCUT2D eigenvalue weighted by molar-refractivity contribution is -0.0168. The molecule has 0 bridgehead atoms. The summed E-state index contributed by atoms with van der Waals surface area (Å²) in [6.07, 6.45) is 1.53. The number of rotatable bonds is 6. The van der Waals surface area contributed by atoms with Gasteiger partial charge >= 0.3 is 0 Å². The van der Waals surface area contributed by atoms with Crippen LogP contribution in [0.25, 0.3) is 0 Å². The van der Waals surface area contributed by atoms with E-state index in [0.717, 1.165) is 5.69 Å². The van der Waals surface area contributed by atoms with Crippen LogP contribution in [-0.4, -0.2) is 36.8 Å². The summed E-state index contributed by atoms with van der Waals surface area (Å²) in [7, 11) is 1.74. The molecule has 2 rings (SSSR count). The van der Waals surface area contributed by atoms with E-state index in [9.17, 15) is 4.79 Å². The largest absolute Gasteiger partial charge is 0.475 e. The molecule has 0 aliphatic carbocycles. The number of carbonyl (C=O) groups is 1. The van der Waals surface area contributed by atoms with Gasteiger partial charge in [0, 0.05) is 25.0 Å².